The maximum atomic E-state index is 4.92. The van der Waals surface area contributed by atoms with Gasteiger partial charge >= 0.3 is 0 Å². The summed E-state index contributed by atoms with van der Waals surface area (Å²) in [6.45, 7) is 0.677. The second kappa shape index (κ2) is 4.34. The first-order chi connectivity index (χ1) is 6.88. The third-order valence-corrected chi connectivity index (χ3v) is 3.08. The predicted molar refractivity (Wildman–Crippen MR) is 55.9 cm³/mol. The molecule has 74 valence electrons. The molecule has 0 amide bonds. The van der Waals surface area contributed by atoms with E-state index in [1.165, 1.54) is 11.3 Å². The molecule has 0 aliphatic carbocycles. The van der Waals surface area contributed by atoms with Gasteiger partial charge in [0.25, 0.3) is 5.19 Å². The predicted octanol–water partition coefficient (Wildman–Crippen LogP) is 1.62. The summed E-state index contributed by atoms with van der Waals surface area (Å²) in [5.41, 5.74) is 0. The number of anilines is 1. The van der Waals surface area contributed by atoms with Crippen molar-refractivity contribution in [1.29, 1.82) is 0 Å². The van der Waals surface area contributed by atoms with Gasteiger partial charge in [-0.3, -0.25) is 0 Å². The van der Waals surface area contributed by atoms with Gasteiger partial charge in [0.2, 0.25) is 5.13 Å². The maximum Gasteiger partial charge on any atom is 0.295 e. The molecule has 0 aliphatic rings. The lowest BCUT2D eigenvalue weighted by molar-refractivity contribution is 0.407. The van der Waals surface area contributed by atoms with E-state index < -0.39 is 0 Å². The molecule has 2 heterocycles. The van der Waals surface area contributed by atoms with Crippen LogP contribution in [0.3, 0.4) is 0 Å². The zero-order valence-corrected chi connectivity index (χ0v) is 9.06. The van der Waals surface area contributed by atoms with E-state index in [9.17, 15) is 0 Å². The van der Waals surface area contributed by atoms with Crippen molar-refractivity contribution in [3.05, 3.63) is 16.6 Å². The van der Waals surface area contributed by atoms with Gasteiger partial charge in [-0.05, 0) is 11.3 Å². The summed E-state index contributed by atoms with van der Waals surface area (Å²) in [4.78, 5) is 4.14. The standard InChI is InChI=1S/C7H8N4OS2/c1-12-7-11-10-6(14-7)9-4-5-8-2-3-13-5/h2-3H,4H2,1H3,(H,9,10). The minimum atomic E-state index is 0.562. The first-order valence-corrected chi connectivity index (χ1v) is 5.58. The number of hydrogen-bond donors (Lipinski definition) is 1. The fourth-order valence-corrected chi connectivity index (χ4v) is 1.97. The van der Waals surface area contributed by atoms with E-state index in [1.807, 2.05) is 5.38 Å². The monoisotopic (exact) mass is 228 g/mol. The normalized spacial score (nSPS) is 10.1. The summed E-state index contributed by atoms with van der Waals surface area (Å²) in [6, 6.07) is 0. The number of hydrogen-bond acceptors (Lipinski definition) is 7. The molecule has 5 nitrogen and oxygen atoms in total. The van der Waals surface area contributed by atoms with Gasteiger partial charge in [0, 0.05) is 11.6 Å². The summed E-state index contributed by atoms with van der Waals surface area (Å²) in [7, 11) is 1.57. The van der Waals surface area contributed by atoms with E-state index in [1.54, 1.807) is 24.6 Å². The van der Waals surface area contributed by atoms with Gasteiger partial charge in [0.15, 0.2) is 0 Å². The molecular weight excluding hydrogens is 220 g/mol. The van der Waals surface area contributed by atoms with Crippen LogP contribution in [0.1, 0.15) is 5.01 Å². The van der Waals surface area contributed by atoms with Gasteiger partial charge in [-0.1, -0.05) is 5.10 Å². The van der Waals surface area contributed by atoms with Crippen LogP contribution in [0.15, 0.2) is 11.6 Å². The molecule has 2 aromatic rings. The topological polar surface area (TPSA) is 59.9 Å². The maximum absolute atomic E-state index is 4.92. The second-order valence-electron chi connectivity index (χ2n) is 2.36. The molecule has 0 atom stereocenters. The molecule has 0 aliphatic heterocycles. The van der Waals surface area contributed by atoms with Gasteiger partial charge in [-0.25, -0.2) is 4.98 Å². The van der Waals surface area contributed by atoms with E-state index in [2.05, 4.69) is 20.5 Å². The van der Waals surface area contributed by atoms with Crippen molar-refractivity contribution in [3.63, 3.8) is 0 Å². The fraction of sp³-hybridized carbons (Fsp3) is 0.286. The Labute approximate surface area is 88.8 Å². The van der Waals surface area contributed by atoms with E-state index in [0.29, 0.717) is 11.7 Å². The third-order valence-electron chi connectivity index (χ3n) is 1.46. The zero-order chi connectivity index (χ0) is 9.80. The molecular formula is C7H8N4OS2. The lowest BCUT2D eigenvalue weighted by atomic mass is 10.7. The molecule has 14 heavy (non-hydrogen) atoms. The number of aromatic nitrogens is 3. The lowest BCUT2D eigenvalue weighted by Crippen LogP contribution is -1.97. The Kier molecular flexibility index (Phi) is 2.90. The number of nitrogens with zero attached hydrogens (tertiary/aromatic N) is 3. The molecule has 2 aromatic heterocycles. The van der Waals surface area contributed by atoms with Crippen molar-refractivity contribution in [2.24, 2.45) is 0 Å². The molecule has 0 unspecified atom stereocenters. The third kappa shape index (κ3) is 2.18. The SMILES string of the molecule is COc1nnc(NCc2nccs2)s1. The summed E-state index contributed by atoms with van der Waals surface area (Å²) in [5.74, 6) is 0. The number of nitrogens with one attached hydrogen (secondary N) is 1. The molecule has 0 saturated carbocycles. The second-order valence-corrected chi connectivity index (χ2v) is 4.28. The van der Waals surface area contributed by atoms with Crippen LogP contribution in [0.5, 0.6) is 5.19 Å². The Hall–Kier alpha value is -1.21. The average molecular weight is 228 g/mol. The molecule has 0 saturated heterocycles. The average Bonchev–Trinajstić information content (AvgIpc) is 2.86. The Morgan fingerprint density at radius 1 is 1.50 bits per heavy atom. The summed E-state index contributed by atoms with van der Waals surface area (Å²) < 4.78 is 4.92. The van der Waals surface area contributed by atoms with Gasteiger partial charge < -0.3 is 10.1 Å². The largest absolute Gasteiger partial charge is 0.472 e. The highest BCUT2D eigenvalue weighted by atomic mass is 32.1. The van der Waals surface area contributed by atoms with E-state index >= 15 is 0 Å². The first-order valence-electron chi connectivity index (χ1n) is 3.88. The van der Waals surface area contributed by atoms with Gasteiger partial charge in [-0.15, -0.1) is 16.4 Å². The van der Waals surface area contributed by atoms with Crippen molar-refractivity contribution < 1.29 is 4.74 Å². The van der Waals surface area contributed by atoms with E-state index in [0.717, 1.165) is 10.1 Å². The van der Waals surface area contributed by atoms with Crippen molar-refractivity contribution in [1.82, 2.24) is 15.2 Å². The summed E-state index contributed by atoms with van der Waals surface area (Å²) >= 11 is 2.98. The smallest absolute Gasteiger partial charge is 0.295 e. The molecule has 0 fully saturated rings. The Morgan fingerprint density at radius 3 is 3.07 bits per heavy atom. The molecule has 0 aromatic carbocycles. The van der Waals surface area contributed by atoms with Crippen LogP contribution in [0.4, 0.5) is 5.13 Å². The van der Waals surface area contributed by atoms with Crippen molar-refractivity contribution in [2.45, 2.75) is 6.54 Å². The molecule has 1 N–H and O–H groups in total. The molecule has 2 rings (SSSR count). The van der Waals surface area contributed by atoms with Crippen molar-refractivity contribution in [2.75, 3.05) is 12.4 Å². The summed E-state index contributed by atoms with van der Waals surface area (Å²) in [6.07, 6.45) is 1.78. The van der Waals surface area contributed by atoms with Crippen LogP contribution < -0.4 is 10.1 Å². The minimum Gasteiger partial charge on any atom is -0.472 e. The van der Waals surface area contributed by atoms with Crippen LogP contribution in [0.25, 0.3) is 0 Å². The molecule has 7 heteroatoms. The first kappa shape index (κ1) is 9.35. The lowest BCUT2D eigenvalue weighted by Gasteiger charge is -1.95. The molecule has 0 bridgehead atoms. The Balaban J connectivity index is 1.92. The minimum absolute atomic E-state index is 0.562. The quantitative estimate of drug-likeness (QED) is 0.861. The van der Waals surface area contributed by atoms with Crippen LogP contribution in [-0.2, 0) is 6.54 Å². The number of rotatable bonds is 4. The Bertz CT molecular complexity index is 386. The number of methoxy groups -OCH3 is 1. The molecule has 0 spiro atoms. The zero-order valence-electron chi connectivity index (χ0n) is 7.43. The highest BCUT2D eigenvalue weighted by molar-refractivity contribution is 7.16. The van der Waals surface area contributed by atoms with Gasteiger partial charge in [0.1, 0.15) is 5.01 Å². The van der Waals surface area contributed by atoms with Gasteiger partial charge in [0.05, 0.1) is 13.7 Å². The van der Waals surface area contributed by atoms with Crippen LogP contribution >= 0.6 is 22.7 Å². The number of thiazole rings is 1. The fourth-order valence-electron chi connectivity index (χ4n) is 0.855. The Morgan fingerprint density at radius 2 is 2.43 bits per heavy atom. The van der Waals surface area contributed by atoms with Crippen LogP contribution in [-0.4, -0.2) is 22.3 Å². The highest BCUT2D eigenvalue weighted by Gasteiger charge is 2.03. The van der Waals surface area contributed by atoms with Crippen molar-refractivity contribution in [3.8, 4) is 5.19 Å². The van der Waals surface area contributed by atoms with Gasteiger partial charge in [-0.2, -0.15) is 0 Å². The number of ether oxygens (including phenoxy) is 1. The van der Waals surface area contributed by atoms with Crippen molar-refractivity contribution >= 4 is 27.8 Å². The summed E-state index contributed by atoms with van der Waals surface area (Å²) in [5, 5.41) is 15.1. The van der Waals surface area contributed by atoms with Crippen LogP contribution in [0.2, 0.25) is 0 Å². The van der Waals surface area contributed by atoms with E-state index in [4.69, 9.17) is 4.74 Å². The molecule has 0 radical (unpaired) electrons. The van der Waals surface area contributed by atoms with Crippen LogP contribution in [0, 0.1) is 0 Å². The highest BCUT2D eigenvalue weighted by Crippen LogP contribution is 2.22. The van der Waals surface area contributed by atoms with E-state index in [-0.39, 0.29) is 0 Å².